The van der Waals surface area contributed by atoms with Crippen molar-refractivity contribution in [3.8, 4) is 0 Å². The van der Waals surface area contributed by atoms with Gasteiger partial charge in [0.1, 0.15) is 0 Å². The minimum absolute atomic E-state index is 0. The quantitative estimate of drug-likeness (QED) is 0.388. The average molecular weight is 469 g/mol. The molecule has 0 bridgehead atoms. The molecule has 1 atom stereocenters. The van der Waals surface area contributed by atoms with Gasteiger partial charge in [-0.3, -0.25) is 0 Å². The molecular weight excluding hydrogens is 426 g/mol. The minimum Gasteiger partial charge on any atom is -0.328 e. The zero-order valence-electron chi connectivity index (χ0n) is 20.4. The van der Waals surface area contributed by atoms with E-state index in [1.807, 2.05) is 39.8 Å². The molecule has 0 saturated heterocycles. The third-order valence-electron chi connectivity index (χ3n) is 3.69. The summed E-state index contributed by atoms with van der Waals surface area (Å²) in [4.78, 5) is 0. The van der Waals surface area contributed by atoms with Gasteiger partial charge in [-0.05, 0) is 0 Å². The van der Waals surface area contributed by atoms with Crippen molar-refractivity contribution >= 4 is 0 Å². The second-order valence-corrected chi connectivity index (χ2v) is 6.68. The standard InChI is InChI=1S/C12H16.C11H14.2C2H6.2V/c1-4-10(2)8-12-7-5-6-11(3)9-12;1-9(2)7-11-6-4-5-10(3)8-11;2*1-2;;/h4-6,9-10H,8H2,1-3H3;4-5,8H,7H2,1-3H3;2*1-2H3;;/q2*-2;;;2*+2. The number of rotatable bonds is 5. The van der Waals surface area contributed by atoms with Crippen molar-refractivity contribution in [3.05, 3.63) is 83.1 Å². The van der Waals surface area contributed by atoms with Crippen molar-refractivity contribution in [2.45, 2.75) is 82.1 Å². The fraction of sp³-hybridized carbons (Fsp3) is 0.481. The van der Waals surface area contributed by atoms with Crippen molar-refractivity contribution < 1.29 is 37.1 Å². The first-order valence-corrected chi connectivity index (χ1v) is 10.4. The van der Waals surface area contributed by atoms with E-state index in [4.69, 9.17) is 0 Å². The molecule has 2 rings (SSSR count). The third kappa shape index (κ3) is 20.7. The van der Waals surface area contributed by atoms with E-state index in [2.05, 4.69) is 84.4 Å². The second-order valence-electron chi connectivity index (χ2n) is 6.68. The molecule has 0 saturated carbocycles. The van der Waals surface area contributed by atoms with E-state index in [0.29, 0.717) is 5.92 Å². The molecule has 160 valence electrons. The largest absolute Gasteiger partial charge is 2.00 e. The Labute approximate surface area is 207 Å². The van der Waals surface area contributed by atoms with Crippen LogP contribution in [0.5, 0.6) is 0 Å². The van der Waals surface area contributed by atoms with Gasteiger partial charge in [0.15, 0.2) is 0 Å². The van der Waals surface area contributed by atoms with Crippen LogP contribution in [0.15, 0.2) is 36.4 Å². The van der Waals surface area contributed by atoms with Crippen LogP contribution >= 0.6 is 0 Å². The Hall–Kier alpha value is -0.391. The molecule has 0 fully saturated rings. The van der Waals surface area contributed by atoms with E-state index in [-0.39, 0.29) is 37.1 Å². The molecule has 29 heavy (non-hydrogen) atoms. The Morgan fingerprint density at radius 2 is 1.28 bits per heavy atom. The maximum atomic E-state index is 3.25. The molecule has 2 radical (unpaired) electrons. The first kappa shape index (κ1) is 36.0. The van der Waals surface area contributed by atoms with Gasteiger partial charge in [0.05, 0.1) is 0 Å². The molecule has 0 nitrogen and oxygen atoms in total. The van der Waals surface area contributed by atoms with Crippen molar-refractivity contribution in [1.29, 1.82) is 0 Å². The van der Waals surface area contributed by atoms with Gasteiger partial charge in [-0.25, -0.2) is 0 Å². The predicted octanol–water partition coefficient (Wildman–Crippen LogP) is 8.20. The summed E-state index contributed by atoms with van der Waals surface area (Å²) < 4.78 is 0. The summed E-state index contributed by atoms with van der Waals surface area (Å²) in [7, 11) is 0. The molecule has 0 aromatic heterocycles. The van der Waals surface area contributed by atoms with E-state index >= 15 is 0 Å². The first-order valence-electron chi connectivity index (χ1n) is 10.4. The van der Waals surface area contributed by atoms with Gasteiger partial charge in [0.2, 0.25) is 0 Å². The molecule has 0 amide bonds. The number of benzene rings is 2. The van der Waals surface area contributed by atoms with Crippen molar-refractivity contribution in [2.75, 3.05) is 0 Å². The molecule has 2 aromatic carbocycles. The smallest absolute Gasteiger partial charge is 0.328 e. The third-order valence-corrected chi connectivity index (χ3v) is 3.69. The van der Waals surface area contributed by atoms with Gasteiger partial charge in [-0.1, -0.05) is 54.9 Å². The SMILES string of the molecule is CC.CC.C[CH-]C(C)Cc1[c-]ccc(C)c1.Cc1cc[c-]c(C[C-](C)C)c1.[V+2].[V+2]. The van der Waals surface area contributed by atoms with Crippen LogP contribution in [-0.2, 0) is 50.0 Å². The van der Waals surface area contributed by atoms with E-state index in [0.717, 1.165) is 12.8 Å². The first-order chi connectivity index (χ1) is 12.9. The molecule has 1 unspecified atom stereocenters. The average Bonchev–Trinajstić information content (AvgIpc) is 2.65. The fourth-order valence-electron chi connectivity index (χ4n) is 2.36. The van der Waals surface area contributed by atoms with Gasteiger partial charge < -0.3 is 12.3 Å². The molecule has 2 aromatic rings. The molecule has 0 aliphatic carbocycles. The Morgan fingerprint density at radius 3 is 1.66 bits per heavy atom. The van der Waals surface area contributed by atoms with Crippen LogP contribution in [0.4, 0.5) is 0 Å². The predicted molar refractivity (Wildman–Crippen MR) is 124 cm³/mol. The van der Waals surface area contributed by atoms with Crippen LogP contribution in [0, 0.1) is 44.2 Å². The second kappa shape index (κ2) is 23.9. The topological polar surface area (TPSA) is 0 Å². The van der Waals surface area contributed by atoms with Gasteiger partial charge >= 0.3 is 37.1 Å². The Balaban J connectivity index is -0.000000174. The van der Waals surface area contributed by atoms with Crippen molar-refractivity contribution in [2.24, 2.45) is 5.92 Å². The maximum Gasteiger partial charge on any atom is 2.00 e. The van der Waals surface area contributed by atoms with E-state index in [1.54, 1.807) is 0 Å². The van der Waals surface area contributed by atoms with Crippen molar-refractivity contribution in [3.63, 3.8) is 0 Å². The normalized spacial score (nSPS) is 9.76. The molecular formula is C27H42V2. The van der Waals surface area contributed by atoms with Crippen LogP contribution in [0.1, 0.15) is 77.6 Å². The monoisotopic (exact) mass is 468 g/mol. The van der Waals surface area contributed by atoms with E-state index < -0.39 is 0 Å². The number of hydrogen-bond donors (Lipinski definition) is 0. The summed E-state index contributed by atoms with van der Waals surface area (Å²) in [6.07, 6.45) is 4.40. The van der Waals surface area contributed by atoms with E-state index in [9.17, 15) is 0 Å². The molecule has 0 N–H and O–H groups in total. The van der Waals surface area contributed by atoms with Crippen molar-refractivity contribution in [1.82, 2.24) is 0 Å². The summed E-state index contributed by atoms with van der Waals surface area (Å²) in [5.41, 5.74) is 5.26. The molecule has 0 spiro atoms. The summed E-state index contributed by atoms with van der Waals surface area (Å²) in [6.45, 7) is 20.9. The summed E-state index contributed by atoms with van der Waals surface area (Å²) in [5, 5.41) is 0. The Kier molecular flexibility index (Phi) is 29.7. The summed E-state index contributed by atoms with van der Waals surface area (Å²) >= 11 is 0. The Bertz CT molecular complexity index is 576. The van der Waals surface area contributed by atoms with Crippen LogP contribution in [0.2, 0.25) is 0 Å². The number of hydrogen-bond acceptors (Lipinski definition) is 0. The minimum atomic E-state index is 0. The molecule has 0 heterocycles. The van der Waals surface area contributed by atoms with Crippen LogP contribution < -0.4 is 0 Å². The van der Waals surface area contributed by atoms with E-state index in [1.165, 1.54) is 28.2 Å². The molecule has 0 aliphatic rings. The Morgan fingerprint density at radius 1 is 0.862 bits per heavy atom. The van der Waals surface area contributed by atoms with Gasteiger partial charge in [0.25, 0.3) is 0 Å². The molecule has 0 aliphatic heterocycles. The zero-order valence-corrected chi connectivity index (χ0v) is 23.2. The van der Waals surface area contributed by atoms with Gasteiger partial charge in [-0.2, -0.15) is 104 Å². The van der Waals surface area contributed by atoms with Crippen LogP contribution in [-0.4, -0.2) is 0 Å². The summed E-state index contributed by atoms with van der Waals surface area (Å²) in [5.74, 6) is 2.09. The van der Waals surface area contributed by atoms with Crippen LogP contribution in [0.3, 0.4) is 0 Å². The molecule has 2 heteroatoms. The fourth-order valence-corrected chi connectivity index (χ4v) is 2.36. The summed E-state index contributed by atoms with van der Waals surface area (Å²) in [6, 6.07) is 19.0. The van der Waals surface area contributed by atoms with Crippen LogP contribution in [0.25, 0.3) is 0 Å². The zero-order chi connectivity index (χ0) is 21.2. The van der Waals surface area contributed by atoms with Gasteiger partial charge in [-0.15, -0.1) is 0 Å². The number of aryl methyl sites for hydroxylation is 2. The maximum absolute atomic E-state index is 3.25. The van der Waals surface area contributed by atoms with Gasteiger partial charge in [0, 0.05) is 0 Å².